The molecule has 0 spiro atoms. The number of aliphatic hydroxyl groups excluding tert-OH is 1. The molecule has 1 aromatic heterocycles. The Balaban J connectivity index is 1.71. The number of hydrogen-bond donors (Lipinski definition) is 2. The average Bonchev–Trinajstić information content (AvgIpc) is 2.81. The molecule has 0 bridgehead atoms. The minimum atomic E-state index is -0.519. The summed E-state index contributed by atoms with van der Waals surface area (Å²) in [4.78, 5) is 0. The number of hydrogen-bond acceptors (Lipinski definition) is 3. The van der Waals surface area contributed by atoms with E-state index in [1.54, 1.807) is 12.3 Å². The summed E-state index contributed by atoms with van der Waals surface area (Å²) in [6.07, 6.45) is 6.14. The third kappa shape index (κ3) is 3.09. The van der Waals surface area contributed by atoms with Gasteiger partial charge in [0, 0.05) is 12.6 Å². The average molecular weight is 223 g/mol. The fourth-order valence-corrected chi connectivity index (χ4v) is 2.32. The van der Waals surface area contributed by atoms with Crippen molar-refractivity contribution in [3.63, 3.8) is 0 Å². The molecule has 90 valence electrons. The van der Waals surface area contributed by atoms with Crippen LogP contribution in [0.15, 0.2) is 22.8 Å². The van der Waals surface area contributed by atoms with E-state index in [0.29, 0.717) is 18.3 Å². The molecule has 0 aliphatic heterocycles. The van der Waals surface area contributed by atoms with Crippen LogP contribution >= 0.6 is 0 Å². The summed E-state index contributed by atoms with van der Waals surface area (Å²) in [6, 6.07) is 4.19. The molecule has 1 heterocycles. The lowest BCUT2D eigenvalue weighted by atomic mass is 9.87. The van der Waals surface area contributed by atoms with Crippen LogP contribution in [-0.4, -0.2) is 17.7 Å². The highest BCUT2D eigenvalue weighted by Crippen LogP contribution is 2.23. The van der Waals surface area contributed by atoms with E-state index in [9.17, 15) is 5.11 Å². The molecule has 1 saturated carbocycles. The summed E-state index contributed by atoms with van der Waals surface area (Å²) in [5, 5.41) is 13.3. The first kappa shape index (κ1) is 11.7. The molecule has 1 fully saturated rings. The number of rotatable bonds is 4. The highest BCUT2D eigenvalue weighted by atomic mass is 16.4. The summed E-state index contributed by atoms with van der Waals surface area (Å²) >= 11 is 0. The SMILES string of the molecule is CC1CCC(NCC(O)c2ccco2)CC1. The molecule has 0 radical (unpaired) electrons. The molecular weight excluding hydrogens is 202 g/mol. The van der Waals surface area contributed by atoms with Crippen molar-refractivity contribution in [1.29, 1.82) is 0 Å². The topological polar surface area (TPSA) is 45.4 Å². The lowest BCUT2D eigenvalue weighted by molar-refractivity contribution is 0.138. The van der Waals surface area contributed by atoms with Gasteiger partial charge in [0.2, 0.25) is 0 Å². The van der Waals surface area contributed by atoms with E-state index in [0.717, 1.165) is 5.92 Å². The predicted octanol–water partition coefficient (Wildman–Crippen LogP) is 2.48. The number of aliphatic hydroxyl groups is 1. The molecule has 1 aliphatic carbocycles. The van der Waals surface area contributed by atoms with Crippen LogP contribution in [0.4, 0.5) is 0 Å². The van der Waals surface area contributed by atoms with Crippen molar-refractivity contribution >= 4 is 0 Å². The fraction of sp³-hybridized carbons (Fsp3) is 0.692. The smallest absolute Gasteiger partial charge is 0.133 e. The van der Waals surface area contributed by atoms with Crippen LogP contribution in [0.25, 0.3) is 0 Å². The molecule has 0 aromatic carbocycles. The lowest BCUT2D eigenvalue weighted by Crippen LogP contribution is -2.35. The normalized spacial score (nSPS) is 27.9. The summed E-state index contributed by atoms with van der Waals surface area (Å²) in [6.45, 7) is 2.90. The van der Waals surface area contributed by atoms with Gasteiger partial charge in [0.1, 0.15) is 11.9 Å². The summed E-state index contributed by atoms with van der Waals surface area (Å²) in [7, 11) is 0. The summed E-state index contributed by atoms with van der Waals surface area (Å²) < 4.78 is 5.16. The zero-order chi connectivity index (χ0) is 11.4. The van der Waals surface area contributed by atoms with Gasteiger partial charge in [-0.15, -0.1) is 0 Å². The first-order valence-corrected chi connectivity index (χ1v) is 6.20. The zero-order valence-electron chi connectivity index (χ0n) is 9.86. The molecule has 1 unspecified atom stereocenters. The molecule has 1 aromatic rings. The van der Waals surface area contributed by atoms with E-state index in [2.05, 4.69) is 12.2 Å². The van der Waals surface area contributed by atoms with Crippen molar-refractivity contribution in [2.45, 2.75) is 44.8 Å². The molecule has 1 atom stereocenters. The molecule has 0 saturated heterocycles. The van der Waals surface area contributed by atoms with E-state index < -0.39 is 6.10 Å². The second kappa shape index (κ2) is 5.51. The Morgan fingerprint density at radius 2 is 2.19 bits per heavy atom. The minimum absolute atomic E-state index is 0.519. The highest BCUT2D eigenvalue weighted by molar-refractivity contribution is 5.02. The van der Waals surface area contributed by atoms with Gasteiger partial charge in [0.05, 0.1) is 6.26 Å². The third-order valence-electron chi connectivity index (χ3n) is 3.49. The quantitative estimate of drug-likeness (QED) is 0.824. The van der Waals surface area contributed by atoms with Crippen LogP contribution in [0, 0.1) is 5.92 Å². The van der Waals surface area contributed by atoms with Crippen molar-refractivity contribution < 1.29 is 9.52 Å². The Hall–Kier alpha value is -0.800. The van der Waals surface area contributed by atoms with E-state index in [4.69, 9.17) is 4.42 Å². The third-order valence-corrected chi connectivity index (χ3v) is 3.49. The van der Waals surface area contributed by atoms with Crippen molar-refractivity contribution in [3.8, 4) is 0 Å². The van der Waals surface area contributed by atoms with Crippen LogP contribution in [0.5, 0.6) is 0 Å². The molecule has 3 heteroatoms. The fourth-order valence-electron chi connectivity index (χ4n) is 2.32. The minimum Gasteiger partial charge on any atom is -0.467 e. The second-order valence-corrected chi connectivity index (χ2v) is 4.90. The van der Waals surface area contributed by atoms with Crippen LogP contribution < -0.4 is 5.32 Å². The molecule has 2 N–H and O–H groups in total. The highest BCUT2D eigenvalue weighted by Gasteiger charge is 2.19. The van der Waals surface area contributed by atoms with Crippen molar-refractivity contribution in [2.75, 3.05) is 6.54 Å². The maximum Gasteiger partial charge on any atom is 0.133 e. The van der Waals surface area contributed by atoms with Gasteiger partial charge >= 0.3 is 0 Å². The van der Waals surface area contributed by atoms with Gasteiger partial charge in [-0.3, -0.25) is 0 Å². The standard InChI is InChI=1S/C13H21NO2/c1-10-4-6-11(7-5-10)14-9-12(15)13-3-2-8-16-13/h2-3,8,10-12,14-15H,4-7,9H2,1H3. The van der Waals surface area contributed by atoms with Gasteiger partial charge in [-0.2, -0.15) is 0 Å². The molecule has 2 rings (SSSR count). The van der Waals surface area contributed by atoms with E-state index in [1.165, 1.54) is 25.7 Å². The Morgan fingerprint density at radius 1 is 1.44 bits per heavy atom. The monoisotopic (exact) mass is 223 g/mol. The van der Waals surface area contributed by atoms with E-state index in [-0.39, 0.29) is 0 Å². The Kier molecular flexibility index (Phi) is 4.02. The predicted molar refractivity (Wildman–Crippen MR) is 63.1 cm³/mol. The molecule has 1 aliphatic rings. The summed E-state index contributed by atoms with van der Waals surface area (Å²) in [5.41, 5.74) is 0. The van der Waals surface area contributed by atoms with Gasteiger partial charge in [0.25, 0.3) is 0 Å². The van der Waals surface area contributed by atoms with Gasteiger partial charge in [0.15, 0.2) is 0 Å². The van der Waals surface area contributed by atoms with Crippen molar-refractivity contribution in [1.82, 2.24) is 5.32 Å². The maximum atomic E-state index is 9.84. The Morgan fingerprint density at radius 3 is 2.81 bits per heavy atom. The van der Waals surface area contributed by atoms with Crippen molar-refractivity contribution in [2.24, 2.45) is 5.92 Å². The first-order chi connectivity index (χ1) is 7.75. The van der Waals surface area contributed by atoms with Crippen molar-refractivity contribution in [3.05, 3.63) is 24.2 Å². The second-order valence-electron chi connectivity index (χ2n) is 4.90. The van der Waals surface area contributed by atoms with Gasteiger partial charge < -0.3 is 14.8 Å². The lowest BCUT2D eigenvalue weighted by Gasteiger charge is -2.27. The summed E-state index contributed by atoms with van der Waals surface area (Å²) in [5.74, 6) is 1.52. The van der Waals surface area contributed by atoms with E-state index >= 15 is 0 Å². The van der Waals surface area contributed by atoms with Gasteiger partial charge in [-0.05, 0) is 43.7 Å². The van der Waals surface area contributed by atoms with Gasteiger partial charge in [-0.25, -0.2) is 0 Å². The Bertz CT molecular complexity index is 289. The van der Waals surface area contributed by atoms with Gasteiger partial charge in [-0.1, -0.05) is 6.92 Å². The maximum absolute atomic E-state index is 9.84. The number of furan rings is 1. The molecular formula is C13H21NO2. The van der Waals surface area contributed by atoms with E-state index in [1.807, 2.05) is 6.07 Å². The van der Waals surface area contributed by atoms with Crippen LogP contribution in [0.2, 0.25) is 0 Å². The van der Waals surface area contributed by atoms with Crippen LogP contribution in [-0.2, 0) is 0 Å². The van der Waals surface area contributed by atoms with Crippen LogP contribution in [0.1, 0.15) is 44.5 Å². The molecule has 16 heavy (non-hydrogen) atoms. The first-order valence-electron chi connectivity index (χ1n) is 6.20. The molecule has 3 nitrogen and oxygen atoms in total. The zero-order valence-corrected chi connectivity index (χ0v) is 9.86. The molecule has 0 amide bonds. The number of nitrogens with one attached hydrogen (secondary N) is 1. The largest absolute Gasteiger partial charge is 0.467 e. The van der Waals surface area contributed by atoms with Crippen LogP contribution in [0.3, 0.4) is 0 Å². The Labute approximate surface area is 96.8 Å².